The highest BCUT2D eigenvalue weighted by atomic mass is 32.2. The highest BCUT2D eigenvalue weighted by Crippen LogP contribution is 2.11. The minimum absolute atomic E-state index is 0.156. The van der Waals surface area contributed by atoms with Crippen LogP contribution in [-0.2, 0) is 24.0 Å². The van der Waals surface area contributed by atoms with E-state index in [2.05, 4.69) is 16.0 Å². The van der Waals surface area contributed by atoms with E-state index in [1.807, 2.05) is 13.2 Å². The van der Waals surface area contributed by atoms with Crippen molar-refractivity contribution in [1.82, 2.24) is 16.0 Å². The van der Waals surface area contributed by atoms with Gasteiger partial charge in [0.1, 0.15) is 18.1 Å². The number of thioether (sulfide) groups is 1. The van der Waals surface area contributed by atoms with Crippen LogP contribution in [0.1, 0.15) is 59.8 Å². The van der Waals surface area contributed by atoms with Crippen LogP contribution in [0.15, 0.2) is 0 Å². The molecule has 0 aromatic carbocycles. The van der Waals surface area contributed by atoms with Crippen molar-refractivity contribution >= 4 is 41.4 Å². The molecule has 12 heteroatoms. The monoisotopic (exact) mass is 504 g/mol. The average Bonchev–Trinajstić information content (AvgIpc) is 2.80. The van der Waals surface area contributed by atoms with Crippen LogP contribution in [0.25, 0.3) is 0 Å². The Morgan fingerprint density at radius 3 is 1.79 bits per heavy atom. The molecule has 11 nitrogen and oxygen atoms in total. The second-order valence-electron chi connectivity index (χ2n) is 8.46. The molecular weight excluding hydrogens is 464 g/mol. The first-order valence-electron chi connectivity index (χ1n) is 11.5. The Morgan fingerprint density at radius 1 is 0.824 bits per heavy atom. The third-order valence-corrected chi connectivity index (χ3v) is 6.50. The number of carboxylic acid groups (broad SMARTS) is 2. The second-order valence-corrected chi connectivity index (χ2v) is 9.44. The summed E-state index contributed by atoms with van der Waals surface area (Å²) in [4.78, 5) is 61.0. The van der Waals surface area contributed by atoms with Gasteiger partial charge in [-0.1, -0.05) is 40.5 Å². The molecule has 0 aliphatic rings. The predicted octanol–water partition coefficient (Wildman–Crippen LogP) is 0.563. The number of hydrogen-bond acceptors (Lipinski definition) is 7. The van der Waals surface area contributed by atoms with Gasteiger partial charge in [0.05, 0.1) is 6.04 Å². The van der Waals surface area contributed by atoms with Crippen molar-refractivity contribution in [2.75, 3.05) is 12.0 Å². The van der Waals surface area contributed by atoms with E-state index in [0.717, 1.165) is 0 Å². The van der Waals surface area contributed by atoms with Crippen LogP contribution in [0.4, 0.5) is 0 Å². The lowest BCUT2D eigenvalue weighted by Gasteiger charge is -2.27. The van der Waals surface area contributed by atoms with Crippen LogP contribution in [-0.4, -0.2) is 76.0 Å². The molecule has 0 aliphatic heterocycles. The van der Waals surface area contributed by atoms with E-state index >= 15 is 0 Å². The summed E-state index contributed by atoms with van der Waals surface area (Å²) in [5.41, 5.74) is 5.93. The number of nitrogens with one attached hydrogen (secondary N) is 3. The zero-order chi connectivity index (χ0) is 26.4. The van der Waals surface area contributed by atoms with Crippen molar-refractivity contribution in [2.45, 2.75) is 84.0 Å². The van der Waals surface area contributed by atoms with E-state index in [-0.39, 0.29) is 31.1 Å². The Labute approximate surface area is 205 Å². The number of carbonyl (C=O) groups is 5. The largest absolute Gasteiger partial charge is 0.481 e. The SMILES string of the molecule is CCC(C)C(N)C(=O)NC(CCC(=O)O)C(=O)NC(CCSC)C(=O)NC(C(=O)O)C(C)CC. The summed E-state index contributed by atoms with van der Waals surface area (Å²) in [5, 5.41) is 26.1. The molecule has 7 N–H and O–H groups in total. The molecule has 0 aliphatic carbocycles. The van der Waals surface area contributed by atoms with Crippen LogP contribution >= 0.6 is 11.8 Å². The molecule has 3 amide bonds. The Hall–Kier alpha value is -2.34. The molecule has 34 heavy (non-hydrogen) atoms. The minimum atomic E-state index is -1.21. The third-order valence-electron chi connectivity index (χ3n) is 5.86. The van der Waals surface area contributed by atoms with Crippen molar-refractivity contribution in [3.05, 3.63) is 0 Å². The summed E-state index contributed by atoms with van der Waals surface area (Å²) in [7, 11) is 0. The highest BCUT2D eigenvalue weighted by molar-refractivity contribution is 7.98. The Morgan fingerprint density at radius 2 is 1.32 bits per heavy atom. The lowest BCUT2D eigenvalue weighted by Crippen LogP contribution is -2.58. The number of hydrogen-bond donors (Lipinski definition) is 6. The molecule has 6 atom stereocenters. The van der Waals surface area contributed by atoms with Crippen LogP contribution in [0.2, 0.25) is 0 Å². The van der Waals surface area contributed by atoms with Crippen LogP contribution in [0.3, 0.4) is 0 Å². The van der Waals surface area contributed by atoms with Gasteiger partial charge in [-0.3, -0.25) is 19.2 Å². The van der Waals surface area contributed by atoms with Gasteiger partial charge in [-0.2, -0.15) is 11.8 Å². The number of carboxylic acids is 2. The van der Waals surface area contributed by atoms with Crippen molar-refractivity contribution in [1.29, 1.82) is 0 Å². The van der Waals surface area contributed by atoms with Crippen molar-refractivity contribution in [3.63, 3.8) is 0 Å². The molecule has 6 unspecified atom stereocenters. The van der Waals surface area contributed by atoms with E-state index in [1.54, 1.807) is 20.8 Å². The molecule has 0 aromatic rings. The van der Waals surface area contributed by atoms with E-state index in [9.17, 15) is 29.1 Å². The fourth-order valence-corrected chi connectivity index (χ4v) is 3.50. The van der Waals surface area contributed by atoms with Gasteiger partial charge in [0.15, 0.2) is 0 Å². The van der Waals surface area contributed by atoms with Crippen LogP contribution < -0.4 is 21.7 Å². The smallest absolute Gasteiger partial charge is 0.326 e. The van der Waals surface area contributed by atoms with E-state index in [0.29, 0.717) is 18.6 Å². The van der Waals surface area contributed by atoms with Crippen LogP contribution in [0, 0.1) is 11.8 Å². The summed E-state index contributed by atoms with van der Waals surface area (Å²) >= 11 is 1.44. The number of amides is 3. The first-order chi connectivity index (χ1) is 15.9. The van der Waals surface area contributed by atoms with Gasteiger partial charge < -0.3 is 31.9 Å². The molecule has 0 saturated carbocycles. The van der Waals surface area contributed by atoms with Gasteiger partial charge in [-0.25, -0.2) is 4.79 Å². The molecule has 0 saturated heterocycles. The molecule has 0 radical (unpaired) electrons. The molecule has 0 heterocycles. The topological polar surface area (TPSA) is 188 Å². The first kappa shape index (κ1) is 31.7. The maximum absolute atomic E-state index is 13.0. The minimum Gasteiger partial charge on any atom is -0.481 e. The van der Waals surface area contributed by atoms with Gasteiger partial charge in [-0.15, -0.1) is 0 Å². The number of carbonyl (C=O) groups excluding carboxylic acids is 3. The van der Waals surface area contributed by atoms with Gasteiger partial charge in [0.2, 0.25) is 17.7 Å². The summed E-state index contributed by atoms with van der Waals surface area (Å²) < 4.78 is 0. The summed E-state index contributed by atoms with van der Waals surface area (Å²) in [6, 6.07) is -4.28. The van der Waals surface area contributed by atoms with Crippen molar-refractivity contribution < 1.29 is 34.2 Å². The quantitative estimate of drug-likeness (QED) is 0.164. The molecular formula is C22H40N4O7S. The molecule has 0 rings (SSSR count). The average molecular weight is 505 g/mol. The zero-order valence-electron chi connectivity index (χ0n) is 20.6. The number of aliphatic carboxylic acids is 2. The van der Waals surface area contributed by atoms with Crippen LogP contribution in [0.5, 0.6) is 0 Å². The maximum atomic E-state index is 13.0. The lowest BCUT2D eigenvalue weighted by atomic mass is 9.98. The summed E-state index contributed by atoms with van der Waals surface area (Å²) in [6.45, 7) is 7.16. The zero-order valence-corrected chi connectivity index (χ0v) is 21.4. The Balaban J connectivity index is 5.60. The second kappa shape index (κ2) is 16.3. The Bertz CT molecular complexity index is 707. The van der Waals surface area contributed by atoms with Gasteiger partial charge in [0.25, 0.3) is 0 Å². The number of rotatable bonds is 17. The maximum Gasteiger partial charge on any atom is 0.326 e. The number of nitrogens with two attached hydrogens (primary N) is 1. The summed E-state index contributed by atoms with van der Waals surface area (Å²) in [6.07, 6.45) is 2.63. The van der Waals surface area contributed by atoms with Gasteiger partial charge in [0, 0.05) is 6.42 Å². The van der Waals surface area contributed by atoms with E-state index in [4.69, 9.17) is 10.8 Å². The fraction of sp³-hybridized carbons (Fsp3) is 0.773. The standard InChI is InChI=1S/C22H40N4O7S/c1-6-12(3)17(23)21(31)25-14(8-9-16(27)28)19(29)24-15(10-11-34-5)20(30)26-18(22(32)33)13(4)7-2/h12-15,17-18H,6-11,23H2,1-5H3,(H,24,29)(H,25,31)(H,26,30)(H,27,28)(H,32,33). The Kier molecular flexibility index (Phi) is 15.2. The molecule has 0 spiro atoms. The first-order valence-corrected chi connectivity index (χ1v) is 12.9. The lowest BCUT2D eigenvalue weighted by molar-refractivity contribution is -0.143. The van der Waals surface area contributed by atoms with Gasteiger partial charge in [-0.05, 0) is 36.7 Å². The normalized spacial score (nSPS) is 16.3. The third kappa shape index (κ3) is 11.2. The molecule has 0 aromatic heterocycles. The van der Waals surface area contributed by atoms with Gasteiger partial charge >= 0.3 is 11.9 Å². The highest BCUT2D eigenvalue weighted by Gasteiger charge is 2.32. The predicted molar refractivity (Wildman–Crippen MR) is 130 cm³/mol. The molecule has 0 bridgehead atoms. The fourth-order valence-electron chi connectivity index (χ4n) is 3.03. The molecule has 196 valence electrons. The van der Waals surface area contributed by atoms with E-state index in [1.165, 1.54) is 11.8 Å². The van der Waals surface area contributed by atoms with Crippen molar-refractivity contribution in [2.24, 2.45) is 17.6 Å². The summed E-state index contributed by atoms with van der Waals surface area (Å²) in [5.74, 6) is -4.29. The van der Waals surface area contributed by atoms with E-state index < -0.39 is 53.8 Å². The molecule has 0 fully saturated rings. The van der Waals surface area contributed by atoms with Crippen molar-refractivity contribution in [3.8, 4) is 0 Å².